The Balaban J connectivity index is 1.73. The minimum absolute atomic E-state index is 0.866. The summed E-state index contributed by atoms with van der Waals surface area (Å²) in [6, 6.07) is 0. The molecule has 0 spiro atoms. The molecule has 0 unspecified atom stereocenters. The minimum Gasteiger partial charge on any atom is -0.380 e. The lowest BCUT2D eigenvalue weighted by atomic mass is 10.3. The van der Waals surface area contributed by atoms with Crippen molar-refractivity contribution in [1.82, 2.24) is 10.2 Å². The van der Waals surface area contributed by atoms with Crippen molar-refractivity contribution in [3.8, 4) is 0 Å². The molecule has 0 aromatic heterocycles. The topological polar surface area (TPSA) is 24.5 Å². The summed E-state index contributed by atoms with van der Waals surface area (Å²) in [5.74, 6) is 0.996. The van der Waals surface area contributed by atoms with Gasteiger partial charge in [0.05, 0.1) is 6.61 Å². The van der Waals surface area contributed by atoms with E-state index < -0.39 is 0 Å². The van der Waals surface area contributed by atoms with Crippen LogP contribution in [0.2, 0.25) is 0 Å². The molecule has 0 amide bonds. The smallest absolute Gasteiger partial charge is 0.0590 e. The van der Waals surface area contributed by atoms with Crippen LogP contribution in [0.4, 0.5) is 0 Å². The Labute approximate surface area is 101 Å². The number of ether oxygens (including phenoxy) is 1. The van der Waals surface area contributed by atoms with Gasteiger partial charge in [0.1, 0.15) is 0 Å². The number of nitrogens with zero attached hydrogens (tertiary/aromatic N) is 1. The van der Waals surface area contributed by atoms with Crippen molar-refractivity contribution in [2.45, 2.75) is 33.1 Å². The maximum atomic E-state index is 5.57. The van der Waals surface area contributed by atoms with Crippen molar-refractivity contribution in [2.24, 2.45) is 5.92 Å². The van der Waals surface area contributed by atoms with Crippen molar-refractivity contribution < 1.29 is 4.74 Å². The zero-order valence-corrected chi connectivity index (χ0v) is 11.0. The van der Waals surface area contributed by atoms with Gasteiger partial charge in [-0.15, -0.1) is 0 Å². The molecule has 0 atom stereocenters. The predicted octanol–water partition coefficient (Wildman–Crippen LogP) is 1.73. The van der Waals surface area contributed by atoms with Crippen molar-refractivity contribution in [2.75, 3.05) is 45.9 Å². The second kappa shape index (κ2) is 8.97. The van der Waals surface area contributed by atoms with Gasteiger partial charge in [-0.1, -0.05) is 26.7 Å². The van der Waals surface area contributed by atoms with Gasteiger partial charge in [0.2, 0.25) is 0 Å². The minimum atomic E-state index is 0.866. The monoisotopic (exact) mass is 228 g/mol. The van der Waals surface area contributed by atoms with E-state index in [0.29, 0.717) is 0 Å². The van der Waals surface area contributed by atoms with E-state index in [0.717, 1.165) is 51.9 Å². The largest absolute Gasteiger partial charge is 0.380 e. The molecule has 0 radical (unpaired) electrons. The highest BCUT2D eigenvalue weighted by Crippen LogP contribution is 2.31. The third-order valence-electron chi connectivity index (χ3n) is 3.29. The van der Waals surface area contributed by atoms with Crippen LogP contribution in [-0.2, 0) is 4.74 Å². The van der Waals surface area contributed by atoms with E-state index in [1.165, 1.54) is 19.3 Å². The second-order valence-corrected chi connectivity index (χ2v) is 4.62. The average molecular weight is 228 g/mol. The molecule has 1 fully saturated rings. The van der Waals surface area contributed by atoms with E-state index in [9.17, 15) is 0 Å². The molecule has 0 aromatic carbocycles. The van der Waals surface area contributed by atoms with Crippen molar-refractivity contribution in [1.29, 1.82) is 0 Å². The van der Waals surface area contributed by atoms with Gasteiger partial charge < -0.3 is 15.0 Å². The lowest BCUT2D eigenvalue weighted by molar-refractivity contribution is 0.129. The first kappa shape index (κ1) is 13.9. The molecule has 16 heavy (non-hydrogen) atoms. The summed E-state index contributed by atoms with van der Waals surface area (Å²) in [5, 5.41) is 3.42. The highest BCUT2D eigenvalue weighted by molar-refractivity contribution is 4.72. The van der Waals surface area contributed by atoms with Crippen LogP contribution in [0.1, 0.15) is 33.1 Å². The van der Waals surface area contributed by atoms with Gasteiger partial charge in [-0.2, -0.15) is 0 Å². The molecule has 3 heteroatoms. The Hall–Kier alpha value is -0.120. The highest BCUT2D eigenvalue weighted by atomic mass is 16.5. The fourth-order valence-corrected chi connectivity index (χ4v) is 1.80. The van der Waals surface area contributed by atoms with E-state index in [-0.39, 0.29) is 0 Å². The number of hydrogen-bond acceptors (Lipinski definition) is 3. The van der Waals surface area contributed by atoms with Crippen LogP contribution < -0.4 is 5.32 Å². The van der Waals surface area contributed by atoms with Gasteiger partial charge in [0.25, 0.3) is 0 Å². The Morgan fingerprint density at radius 1 is 1.12 bits per heavy atom. The molecule has 1 aliphatic carbocycles. The van der Waals surface area contributed by atoms with E-state index in [1.807, 2.05) is 0 Å². The fraction of sp³-hybridized carbons (Fsp3) is 1.00. The first-order chi connectivity index (χ1) is 7.86. The lowest BCUT2D eigenvalue weighted by Gasteiger charge is -2.17. The molecule has 3 nitrogen and oxygen atoms in total. The Morgan fingerprint density at radius 3 is 2.50 bits per heavy atom. The van der Waals surface area contributed by atoms with E-state index in [4.69, 9.17) is 4.74 Å². The first-order valence-corrected chi connectivity index (χ1v) is 6.87. The van der Waals surface area contributed by atoms with Crippen LogP contribution in [0, 0.1) is 5.92 Å². The summed E-state index contributed by atoms with van der Waals surface area (Å²) in [4.78, 5) is 2.43. The van der Waals surface area contributed by atoms with Gasteiger partial charge in [0.15, 0.2) is 0 Å². The number of hydrogen-bond donors (Lipinski definition) is 1. The number of rotatable bonds is 11. The Morgan fingerprint density at radius 2 is 1.88 bits per heavy atom. The van der Waals surface area contributed by atoms with Crippen LogP contribution in [0.15, 0.2) is 0 Å². The van der Waals surface area contributed by atoms with Gasteiger partial charge in [-0.05, 0) is 25.4 Å². The molecule has 1 aliphatic rings. The van der Waals surface area contributed by atoms with Crippen LogP contribution in [0.5, 0.6) is 0 Å². The highest BCUT2D eigenvalue weighted by Gasteiger charge is 2.20. The summed E-state index contributed by atoms with van der Waals surface area (Å²) < 4.78 is 5.57. The molecule has 1 saturated carbocycles. The van der Waals surface area contributed by atoms with Gasteiger partial charge in [-0.25, -0.2) is 0 Å². The summed E-state index contributed by atoms with van der Waals surface area (Å²) in [7, 11) is 0. The van der Waals surface area contributed by atoms with E-state index in [1.54, 1.807) is 0 Å². The lowest BCUT2D eigenvalue weighted by Crippen LogP contribution is -2.33. The normalized spacial score (nSPS) is 15.9. The Bertz CT molecular complexity index is 156. The summed E-state index contributed by atoms with van der Waals surface area (Å²) in [5.41, 5.74) is 0. The molecule has 1 rings (SSSR count). The maximum Gasteiger partial charge on any atom is 0.0590 e. The zero-order valence-electron chi connectivity index (χ0n) is 11.0. The Kier molecular flexibility index (Phi) is 7.81. The van der Waals surface area contributed by atoms with E-state index >= 15 is 0 Å². The van der Waals surface area contributed by atoms with Crippen molar-refractivity contribution >= 4 is 0 Å². The standard InChI is InChI=1S/C13H28N2O/c1-3-15(4-2)10-8-14-9-12-16-11-7-13-5-6-13/h13-14H,3-12H2,1-2H3. The van der Waals surface area contributed by atoms with E-state index in [2.05, 4.69) is 24.1 Å². The van der Waals surface area contributed by atoms with Gasteiger partial charge in [0, 0.05) is 26.2 Å². The molecule has 0 aliphatic heterocycles. The molecular weight excluding hydrogens is 200 g/mol. The number of likely N-dealkylation sites (N-methyl/N-ethyl adjacent to an activating group) is 1. The van der Waals surface area contributed by atoms with Crippen LogP contribution in [0.3, 0.4) is 0 Å². The molecule has 1 N–H and O–H groups in total. The molecule has 0 saturated heterocycles. The molecule has 0 heterocycles. The van der Waals surface area contributed by atoms with Crippen molar-refractivity contribution in [3.63, 3.8) is 0 Å². The second-order valence-electron chi connectivity index (χ2n) is 4.62. The molecule has 0 aromatic rings. The third-order valence-corrected chi connectivity index (χ3v) is 3.29. The maximum absolute atomic E-state index is 5.57. The quantitative estimate of drug-likeness (QED) is 0.545. The zero-order chi connectivity index (χ0) is 11.6. The average Bonchev–Trinajstić information content (AvgIpc) is 3.11. The summed E-state index contributed by atoms with van der Waals surface area (Å²) >= 11 is 0. The molecule has 96 valence electrons. The third kappa shape index (κ3) is 7.20. The first-order valence-electron chi connectivity index (χ1n) is 6.87. The van der Waals surface area contributed by atoms with Crippen LogP contribution in [0.25, 0.3) is 0 Å². The summed E-state index contributed by atoms with van der Waals surface area (Å²) in [6.45, 7) is 11.8. The summed E-state index contributed by atoms with van der Waals surface area (Å²) in [6.07, 6.45) is 4.15. The van der Waals surface area contributed by atoms with Crippen molar-refractivity contribution in [3.05, 3.63) is 0 Å². The molecule has 0 bridgehead atoms. The SMILES string of the molecule is CCN(CC)CCNCCOCCC1CC1. The molecular formula is C13H28N2O. The van der Waals surface area contributed by atoms with Gasteiger partial charge in [-0.3, -0.25) is 0 Å². The fourth-order valence-electron chi connectivity index (χ4n) is 1.80. The van der Waals surface area contributed by atoms with Crippen LogP contribution in [-0.4, -0.2) is 50.8 Å². The predicted molar refractivity (Wildman–Crippen MR) is 68.8 cm³/mol. The van der Waals surface area contributed by atoms with Gasteiger partial charge >= 0.3 is 0 Å². The van der Waals surface area contributed by atoms with Crippen LogP contribution >= 0.6 is 0 Å². The number of nitrogens with one attached hydrogen (secondary N) is 1.